The number of halogens is 2. The highest BCUT2D eigenvalue weighted by molar-refractivity contribution is 9.10. The van der Waals surface area contributed by atoms with E-state index in [4.69, 9.17) is 0 Å². The number of fused-ring (bicyclic) bond motifs is 3. The summed E-state index contributed by atoms with van der Waals surface area (Å²) < 4.78 is 2.02. The van der Waals surface area contributed by atoms with Crippen LogP contribution in [0.25, 0.3) is 11.1 Å². The van der Waals surface area contributed by atoms with Gasteiger partial charge in [0.25, 0.3) is 0 Å². The first-order valence-corrected chi connectivity index (χ1v) is 7.61. The molecule has 2 aromatic carbocycles. The maximum Gasteiger partial charge on any atom is 0.0983 e. The highest BCUT2D eigenvalue weighted by atomic mass is 79.9. The summed E-state index contributed by atoms with van der Waals surface area (Å²) in [4.78, 5) is 0. The minimum Gasteiger partial charge on any atom is -0.384 e. The van der Waals surface area contributed by atoms with Crippen molar-refractivity contribution in [1.29, 1.82) is 0 Å². The van der Waals surface area contributed by atoms with Crippen molar-refractivity contribution in [3.8, 4) is 11.1 Å². The van der Waals surface area contributed by atoms with Crippen molar-refractivity contribution in [2.45, 2.75) is 12.5 Å². The number of hydrogen-bond donors (Lipinski definition) is 1. The third-order valence-electron chi connectivity index (χ3n) is 3.55. The maximum absolute atomic E-state index is 10.2. The molecule has 0 saturated carbocycles. The van der Waals surface area contributed by atoms with Crippen molar-refractivity contribution >= 4 is 31.9 Å². The molecular formula is C16H12Br2O. The molecule has 19 heavy (non-hydrogen) atoms. The summed E-state index contributed by atoms with van der Waals surface area (Å²) in [5.74, 6) is 0. The van der Waals surface area contributed by atoms with Crippen LogP contribution < -0.4 is 0 Å². The van der Waals surface area contributed by atoms with Crippen LogP contribution in [-0.4, -0.2) is 5.11 Å². The van der Waals surface area contributed by atoms with Crippen molar-refractivity contribution in [3.63, 3.8) is 0 Å². The maximum atomic E-state index is 10.2. The van der Waals surface area contributed by atoms with Crippen LogP contribution in [-0.2, 0) is 6.42 Å². The minimum absolute atomic E-state index is 0.637. The fourth-order valence-electron chi connectivity index (χ4n) is 2.68. The molecule has 96 valence electrons. The lowest BCUT2D eigenvalue weighted by molar-refractivity contribution is 0.227. The molecule has 1 N–H and O–H groups in total. The topological polar surface area (TPSA) is 20.2 Å². The fourth-order valence-corrected chi connectivity index (χ4v) is 3.69. The monoisotopic (exact) mass is 378 g/mol. The first-order valence-electron chi connectivity index (χ1n) is 6.02. The van der Waals surface area contributed by atoms with E-state index >= 15 is 0 Å². The Balaban J connectivity index is 2.23. The van der Waals surface area contributed by atoms with E-state index in [0.29, 0.717) is 0 Å². The van der Waals surface area contributed by atoms with Gasteiger partial charge in [0.1, 0.15) is 0 Å². The van der Waals surface area contributed by atoms with Crippen molar-refractivity contribution in [2.24, 2.45) is 0 Å². The molecule has 0 aliphatic heterocycles. The molecule has 3 heteroatoms. The normalized spacial score (nSPS) is 13.8. The van der Waals surface area contributed by atoms with Crippen LogP contribution in [0.1, 0.15) is 22.8 Å². The van der Waals surface area contributed by atoms with Gasteiger partial charge < -0.3 is 5.11 Å². The summed E-state index contributed by atoms with van der Waals surface area (Å²) in [6.07, 6.45) is 1.78. The molecule has 0 spiro atoms. The Morgan fingerprint density at radius 1 is 1.16 bits per heavy atom. The Morgan fingerprint density at radius 3 is 2.63 bits per heavy atom. The van der Waals surface area contributed by atoms with E-state index in [2.05, 4.69) is 62.7 Å². The second-order valence-electron chi connectivity index (χ2n) is 4.65. The molecule has 0 saturated heterocycles. The molecule has 0 bridgehead atoms. The average molecular weight is 380 g/mol. The zero-order valence-corrected chi connectivity index (χ0v) is 13.3. The van der Waals surface area contributed by atoms with Crippen LogP contribution in [0.3, 0.4) is 0 Å². The summed E-state index contributed by atoms with van der Waals surface area (Å²) in [7, 11) is 0. The zero-order chi connectivity index (χ0) is 13.6. The summed E-state index contributed by atoms with van der Waals surface area (Å²) >= 11 is 7.04. The average Bonchev–Trinajstić information content (AvgIpc) is 2.74. The first kappa shape index (κ1) is 13.1. The summed E-state index contributed by atoms with van der Waals surface area (Å²) in [6.45, 7) is 3.69. The highest BCUT2D eigenvalue weighted by Crippen LogP contribution is 2.43. The van der Waals surface area contributed by atoms with Gasteiger partial charge in [0.15, 0.2) is 0 Å². The van der Waals surface area contributed by atoms with Gasteiger partial charge in [-0.3, -0.25) is 0 Å². The lowest BCUT2D eigenvalue weighted by Crippen LogP contribution is -2.00. The molecule has 3 rings (SSSR count). The zero-order valence-electron chi connectivity index (χ0n) is 10.2. The molecule has 1 aliphatic rings. The van der Waals surface area contributed by atoms with E-state index in [-0.39, 0.29) is 0 Å². The number of rotatable bonds is 2. The Kier molecular flexibility index (Phi) is 3.37. The van der Waals surface area contributed by atoms with Crippen LogP contribution >= 0.6 is 31.9 Å². The number of aliphatic hydroxyl groups excluding tert-OH is 1. The van der Waals surface area contributed by atoms with E-state index in [0.717, 1.165) is 20.9 Å². The van der Waals surface area contributed by atoms with E-state index in [9.17, 15) is 5.11 Å². The van der Waals surface area contributed by atoms with Gasteiger partial charge in [-0.2, -0.15) is 0 Å². The van der Waals surface area contributed by atoms with Crippen molar-refractivity contribution in [3.05, 3.63) is 68.6 Å². The third-order valence-corrected chi connectivity index (χ3v) is 4.73. The molecule has 2 aromatic rings. The van der Waals surface area contributed by atoms with Crippen LogP contribution in [0.5, 0.6) is 0 Å². The van der Waals surface area contributed by atoms with Crippen molar-refractivity contribution in [2.75, 3.05) is 0 Å². The Morgan fingerprint density at radius 2 is 1.89 bits per heavy atom. The van der Waals surface area contributed by atoms with Crippen LogP contribution in [0.4, 0.5) is 0 Å². The SMILES string of the molecule is C=CC(O)c1c(Br)ccc2c1Cc1cc(Br)ccc1-2. The Bertz CT molecular complexity index is 677. The Hall–Kier alpha value is -0.900. The van der Waals surface area contributed by atoms with Gasteiger partial charge in [0.05, 0.1) is 6.10 Å². The molecule has 1 atom stereocenters. The molecule has 0 radical (unpaired) electrons. The van der Waals surface area contributed by atoms with Gasteiger partial charge in [-0.05, 0) is 46.9 Å². The first-order chi connectivity index (χ1) is 9.11. The number of hydrogen-bond acceptors (Lipinski definition) is 1. The van der Waals surface area contributed by atoms with Crippen molar-refractivity contribution < 1.29 is 5.11 Å². The molecule has 0 amide bonds. The van der Waals surface area contributed by atoms with E-state index in [1.807, 2.05) is 6.07 Å². The smallest absolute Gasteiger partial charge is 0.0983 e. The van der Waals surface area contributed by atoms with Crippen LogP contribution in [0.15, 0.2) is 51.9 Å². The predicted octanol–water partition coefficient (Wildman–Crippen LogP) is 5.00. The van der Waals surface area contributed by atoms with Gasteiger partial charge >= 0.3 is 0 Å². The molecule has 0 heterocycles. The molecule has 0 fully saturated rings. The standard InChI is InChI=1S/C16H12Br2O/c1-2-15(19)16-13-8-9-7-10(17)3-4-11(9)12(13)5-6-14(16)18/h2-7,15,19H,1,8H2. The summed E-state index contributed by atoms with van der Waals surface area (Å²) in [5, 5.41) is 10.2. The Labute approximate surface area is 129 Å². The second kappa shape index (κ2) is 4.89. The van der Waals surface area contributed by atoms with E-state index in [1.54, 1.807) is 6.08 Å². The molecule has 1 aliphatic carbocycles. The quantitative estimate of drug-likeness (QED) is 0.621. The highest BCUT2D eigenvalue weighted by Gasteiger charge is 2.24. The van der Waals surface area contributed by atoms with E-state index < -0.39 is 6.10 Å². The minimum atomic E-state index is -0.637. The van der Waals surface area contributed by atoms with Gasteiger partial charge in [-0.1, -0.05) is 50.1 Å². The van der Waals surface area contributed by atoms with Gasteiger partial charge in [0, 0.05) is 14.5 Å². The van der Waals surface area contributed by atoms with Gasteiger partial charge in [0.2, 0.25) is 0 Å². The molecule has 1 nitrogen and oxygen atoms in total. The molecular weight excluding hydrogens is 368 g/mol. The molecule has 1 unspecified atom stereocenters. The van der Waals surface area contributed by atoms with Gasteiger partial charge in [-0.15, -0.1) is 6.58 Å². The fraction of sp³-hybridized carbons (Fsp3) is 0.125. The largest absolute Gasteiger partial charge is 0.384 e. The molecule has 0 aromatic heterocycles. The predicted molar refractivity (Wildman–Crippen MR) is 85.2 cm³/mol. The van der Waals surface area contributed by atoms with Crippen LogP contribution in [0.2, 0.25) is 0 Å². The van der Waals surface area contributed by atoms with E-state index in [1.165, 1.54) is 22.3 Å². The van der Waals surface area contributed by atoms with Crippen molar-refractivity contribution in [1.82, 2.24) is 0 Å². The lowest BCUT2D eigenvalue weighted by atomic mass is 9.97. The summed E-state index contributed by atoms with van der Waals surface area (Å²) in [6, 6.07) is 10.4. The van der Waals surface area contributed by atoms with Crippen LogP contribution in [0, 0.1) is 0 Å². The third kappa shape index (κ3) is 2.10. The number of aliphatic hydroxyl groups is 1. The summed E-state index contributed by atoms with van der Waals surface area (Å²) in [5.41, 5.74) is 5.87. The second-order valence-corrected chi connectivity index (χ2v) is 6.42. The van der Waals surface area contributed by atoms with Gasteiger partial charge in [-0.25, -0.2) is 0 Å². The number of benzene rings is 2. The lowest BCUT2D eigenvalue weighted by Gasteiger charge is -2.14.